The van der Waals surface area contributed by atoms with Crippen LogP contribution in [0.2, 0.25) is 0 Å². The Labute approximate surface area is 111 Å². The molecule has 3 atom stereocenters. The summed E-state index contributed by atoms with van der Waals surface area (Å²) in [5.41, 5.74) is 0.938. The summed E-state index contributed by atoms with van der Waals surface area (Å²) in [5, 5.41) is 0. The molecule has 19 heavy (non-hydrogen) atoms. The van der Waals surface area contributed by atoms with Crippen molar-refractivity contribution in [1.82, 2.24) is 4.90 Å². The number of ether oxygens (including phenoxy) is 1. The largest absolute Gasteiger partial charge is 0.445 e. The van der Waals surface area contributed by atoms with Crippen molar-refractivity contribution in [2.24, 2.45) is 5.92 Å². The molecule has 3 rings (SSSR count). The topological polar surface area (TPSA) is 29.5 Å². The van der Waals surface area contributed by atoms with Gasteiger partial charge in [-0.3, -0.25) is 0 Å². The maximum atomic E-state index is 13.5. The van der Waals surface area contributed by atoms with Crippen LogP contribution in [0.5, 0.6) is 0 Å². The van der Waals surface area contributed by atoms with E-state index in [0.717, 1.165) is 12.0 Å². The predicted molar refractivity (Wildman–Crippen MR) is 69.3 cm³/mol. The van der Waals surface area contributed by atoms with Crippen LogP contribution >= 0.6 is 0 Å². The van der Waals surface area contributed by atoms with Gasteiger partial charge in [0.05, 0.1) is 6.04 Å². The number of hydrogen-bond donors (Lipinski definition) is 0. The number of halogens is 1. The van der Waals surface area contributed by atoms with Gasteiger partial charge in [-0.25, -0.2) is 9.18 Å². The first-order valence-electron chi connectivity index (χ1n) is 6.55. The standard InChI is InChI=1S/C15H16FNO2/c16-13-12-8-4-5-9-17(14(12)13)15(18)19-10-11-6-2-1-3-7-11/h1-4,6-8,12-14H,5,9-10H2. The molecule has 3 unspecified atom stereocenters. The number of fused-ring (bicyclic) bond motifs is 1. The molecule has 1 heterocycles. The van der Waals surface area contributed by atoms with E-state index in [0.29, 0.717) is 6.54 Å². The molecule has 0 spiro atoms. The number of rotatable bonds is 2. The minimum Gasteiger partial charge on any atom is -0.445 e. The second-order valence-corrected chi connectivity index (χ2v) is 4.96. The molecule has 0 N–H and O–H groups in total. The molecular formula is C15H16FNO2. The van der Waals surface area contributed by atoms with E-state index in [2.05, 4.69) is 0 Å². The Hall–Kier alpha value is -1.84. The van der Waals surface area contributed by atoms with Gasteiger partial charge in [0.15, 0.2) is 0 Å². The summed E-state index contributed by atoms with van der Waals surface area (Å²) in [6, 6.07) is 9.18. The first kappa shape index (κ1) is 12.2. The van der Waals surface area contributed by atoms with E-state index in [4.69, 9.17) is 4.74 Å². The fraction of sp³-hybridized carbons (Fsp3) is 0.400. The summed E-state index contributed by atoms with van der Waals surface area (Å²) >= 11 is 0. The van der Waals surface area contributed by atoms with Crippen molar-refractivity contribution in [2.75, 3.05) is 6.54 Å². The quantitative estimate of drug-likeness (QED) is 0.766. The van der Waals surface area contributed by atoms with Crippen LogP contribution in [0.15, 0.2) is 42.5 Å². The van der Waals surface area contributed by atoms with Gasteiger partial charge in [0.25, 0.3) is 0 Å². The molecule has 2 aliphatic rings. The van der Waals surface area contributed by atoms with E-state index in [9.17, 15) is 9.18 Å². The number of benzene rings is 1. The normalized spacial score (nSPS) is 28.5. The highest BCUT2D eigenvalue weighted by Gasteiger charge is 2.55. The lowest BCUT2D eigenvalue weighted by Crippen LogP contribution is -2.35. The van der Waals surface area contributed by atoms with Crippen LogP contribution in [0.3, 0.4) is 0 Å². The number of alkyl halides is 1. The molecular weight excluding hydrogens is 245 g/mol. The van der Waals surface area contributed by atoms with Crippen molar-refractivity contribution in [1.29, 1.82) is 0 Å². The minimum absolute atomic E-state index is 0.133. The predicted octanol–water partition coefficient (Wildman–Crippen LogP) is 2.92. The van der Waals surface area contributed by atoms with Gasteiger partial charge >= 0.3 is 6.09 Å². The maximum absolute atomic E-state index is 13.5. The average molecular weight is 261 g/mol. The van der Waals surface area contributed by atoms with Crippen LogP contribution in [0.25, 0.3) is 0 Å². The highest BCUT2D eigenvalue weighted by molar-refractivity contribution is 5.69. The number of carbonyl (C=O) groups excluding carboxylic acids is 1. The number of hydrogen-bond acceptors (Lipinski definition) is 2. The Morgan fingerprint density at radius 2 is 2.16 bits per heavy atom. The summed E-state index contributed by atoms with van der Waals surface area (Å²) in [5.74, 6) is -0.133. The third kappa shape index (κ3) is 2.48. The van der Waals surface area contributed by atoms with Gasteiger partial charge in [-0.2, -0.15) is 0 Å². The van der Waals surface area contributed by atoms with E-state index in [1.807, 2.05) is 42.5 Å². The lowest BCUT2D eigenvalue weighted by molar-refractivity contribution is 0.0908. The van der Waals surface area contributed by atoms with Crippen molar-refractivity contribution in [2.45, 2.75) is 25.2 Å². The van der Waals surface area contributed by atoms with Crippen molar-refractivity contribution in [3.8, 4) is 0 Å². The van der Waals surface area contributed by atoms with E-state index in [-0.39, 0.29) is 18.6 Å². The molecule has 0 saturated heterocycles. The smallest absolute Gasteiger partial charge is 0.410 e. The summed E-state index contributed by atoms with van der Waals surface area (Å²) in [6.45, 7) is 0.768. The van der Waals surface area contributed by atoms with Crippen LogP contribution in [-0.4, -0.2) is 29.8 Å². The fourth-order valence-electron chi connectivity index (χ4n) is 2.51. The Morgan fingerprint density at radius 3 is 2.95 bits per heavy atom. The van der Waals surface area contributed by atoms with E-state index in [1.54, 1.807) is 0 Å². The molecule has 1 aromatic rings. The second kappa shape index (κ2) is 5.03. The molecule has 4 heteroatoms. The monoisotopic (exact) mass is 261 g/mol. The van der Waals surface area contributed by atoms with Crippen LogP contribution in [-0.2, 0) is 11.3 Å². The third-order valence-electron chi connectivity index (χ3n) is 3.64. The van der Waals surface area contributed by atoms with Gasteiger partial charge in [0.2, 0.25) is 0 Å². The zero-order chi connectivity index (χ0) is 13.2. The van der Waals surface area contributed by atoms with Gasteiger partial charge in [0, 0.05) is 12.5 Å². The van der Waals surface area contributed by atoms with Crippen LogP contribution in [0.1, 0.15) is 12.0 Å². The molecule has 0 radical (unpaired) electrons. The SMILES string of the molecule is O=C(OCc1ccccc1)N1CCC=CC2C(F)C21. The molecule has 1 fully saturated rings. The van der Waals surface area contributed by atoms with Crippen molar-refractivity contribution in [3.05, 3.63) is 48.0 Å². The summed E-state index contributed by atoms with van der Waals surface area (Å²) < 4.78 is 18.8. The average Bonchev–Trinajstić information content (AvgIpc) is 3.13. The maximum Gasteiger partial charge on any atom is 0.410 e. The lowest BCUT2D eigenvalue weighted by atomic mass is 10.2. The Balaban J connectivity index is 1.59. The molecule has 1 amide bonds. The number of nitrogens with zero attached hydrogens (tertiary/aromatic N) is 1. The third-order valence-corrected chi connectivity index (χ3v) is 3.64. The van der Waals surface area contributed by atoms with E-state index in [1.165, 1.54) is 4.90 Å². The number of carbonyl (C=O) groups is 1. The van der Waals surface area contributed by atoms with E-state index < -0.39 is 12.3 Å². The molecule has 100 valence electrons. The highest BCUT2D eigenvalue weighted by atomic mass is 19.1. The van der Waals surface area contributed by atoms with Crippen molar-refractivity contribution in [3.63, 3.8) is 0 Å². The second-order valence-electron chi connectivity index (χ2n) is 4.96. The Morgan fingerprint density at radius 1 is 1.37 bits per heavy atom. The molecule has 0 aromatic heterocycles. The van der Waals surface area contributed by atoms with Crippen molar-refractivity contribution < 1.29 is 13.9 Å². The molecule has 1 aliphatic carbocycles. The van der Waals surface area contributed by atoms with Gasteiger partial charge < -0.3 is 9.64 Å². The molecule has 1 aliphatic heterocycles. The molecule has 1 aromatic carbocycles. The first-order chi connectivity index (χ1) is 9.27. The molecule has 3 nitrogen and oxygen atoms in total. The van der Waals surface area contributed by atoms with Gasteiger partial charge in [-0.05, 0) is 12.0 Å². The minimum atomic E-state index is -0.930. The molecule has 0 bridgehead atoms. The van der Waals surface area contributed by atoms with Crippen LogP contribution in [0, 0.1) is 5.92 Å². The van der Waals surface area contributed by atoms with Crippen molar-refractivity contribution >= 4 is 6.09 Å². The zero-order valence-corrected chi connectivity index (χ0v) is 10.5. The van der Waals surface area contributed by atoms with E-state index >= 15 is 0 Å². The Bertz CT molecular complexity index is 488. The highest BCUT2D eigenvalue weighted by Crippen LogP contribution is 2.42. The summed E-state index contributed by atoms with van der Waals surface area (Å²) in [6.07, 6.45) is 3.24. The Kier molecular flexibility index (Phi) is 3.23. The van der Waals surface area contributed by atoms with Gasteiger partial charge in [-0.15, -0.1) is 0 Å². The fourth-order valence-corrected chi connectivity index (χ4v) is 2.51. The zero-order valence-electron chi connectivity index (χ0n) is 10.5. The summed E-state index contributed by atoms with van der Waals surface area (Å²) in [4.78, 5) is 13.5. The first-order valence-corrected chi connectivity index (χ1v) is 6.55. The molecule has 1 saturated carbocycles. The van der Waals surface area contributed by atoms with Crippen LogP contribution in [0.4, 0.5) is 9.18 Å². The number of amides is 1. The van der Waals surface area contributed by atoms with Gasteiger partial charge in [0.1, 0.15) is 12.8 Å². The van der Waals surface area contributed by atoms with Crippen LogP contribution < -0.4 is 0 Å². The van der Waals surface area contributed by atoms with Gasteiger partial charge in [-0.1, -0.05) is 42.5 Å². The lowest BCUT2D eigenvalue weighted by Gasteiger charge is -2.20. The summed E-state index contributed by atoms with van der Waals surface area (Å²) in [7, 11) is 0.